The van der Waals surface area contributed by atoms with Gasteiger partial charge in [-0.05, 0) is 18.2 Å². The maximum atomic E-state index is 5.47. The summed E-state index contributed by atoms with van der Waals surface area (Å²) in [6.07, 6.45) is 0. The highest BCUT2D eigenvalue weighted by atomic mass is 16.5. The summed E-state index contributed by atoms with van der Waals surface area (Å²) < 4.78 is 10.5. The molecule has 3 N–H and O–H groups in total. The van der Waals surface area contributed by atoms with Crippen molar-refractivity contribution in [2.24, 2.45) is 5.73 Å². The first-order valence-corrected chi connectivity index (χ1v) is 6.03. The van der Waals surface area contributed by atoms with Gasteiger partial charge in [-0.2, -0.15) is 4.98 Å². The average Bonchev–Trinajstić information content (AvgIpc) is 2.46. The average molecular weight is 259 g/mol. The minimum atomic E-state index is 0.495. The standard InChI is InChI=1S/C14H17N3O2/c1-18-14-7-3-6-13(17-14)16-11-4-2-5-12(10-11)19-9-8-15/h2-7,10H,8-9,15H2,1H3,(H,16,17). The summed E-state index contributed by atoms with van der Waals surface area (Å²) in [5.74, 6) is 2.06. The first-order valence-electron chi connectivity index (χ1n) is 6.03. The van der Waals surface area contributed by atoms with E-state index in [9.17, 15) is 0 Å². The molecule has 0 aliphatic rings. The quantitative estimate of drug-likeness (QED) is 0.832. The molecule has 0 amide bonds. The molecule has 2 rings (SSSR count). The Morgan fingerprint density at radius 2 is 2.05 bits per heavy atom. The summed E-state index contributed by atoms with van der Waals surface area (Å²) >= 11 is 0. The van der Waals surface area contributed by atoms with E-state index in [0.29, 0.717) is 19.0 Å². The molecule has 1 heterocycles. The molecule has 0 aliphatic heterocycles. The predicted molar refractivity (Wildman–Crippen MR) is 75.1 cm³/mol. The van der Waals surface area contributed by atoms with Crippen LogP contribution in [0.3, 0.4) is 0 Å². The Morgan fingerprint density at radius 1 is 1.21 bits per heavy atom. The number of hydrogen-bond donors (Lipinski definition) is 2. The minimum Gasteiger partial charge on any atom is -0.492 e. The van der Waals surface area contributed by atoms with Crippen LogP contribution in [0.5, 0.6) is 11.6 Å². The normalized spacial score (nSPS) is 10.0. The highest BCUT2D eigenvalue weighted by molar-refractivity contribution is 5.58. The van der Waals surface area contributed by atoms with Crippen LogP contribution in [0, 0.1) is 0 Å². The van der Waals surface area contributed by atoms with E-state index < -0.39 is 0 Å². The molecule has 5 heteroatoms. The van der Waals surface area contributed by atoms with Gasteiger partial charge in [0.2, 0.25) is 5.88 Å². The molecule has 0 atom stereocenters. The topological polar surface area (TPSA) is 69.4 Å². The van der Waals surface area contributed by atoms with Gasteiger partial charge in [0.15, 0.2) is 0 Å². The molecule has 0 aliphatic carbocycles. The van der Waals surface area contributed by atoms with E-state index in [4.69, 9.17) is 15.2 Å². The Morgan fingerprint density at radius 3 is 2.84 bits per heavy atom. The van der Waals surface area contributed by atoms with Gasteiger partial charge in [0.05, 0.1) is 7.11 Å². The van der Waals surface area contributed by atoms with Gasteiger partial charge in [-0.3, -0.25) is 0 Å². The lowest BCUT2D eigenvalue weighted by Crippen LogP contribution is -2.10. The van der Waals surface area contributed by atoms with Crippen molar-refractivity contribution in [1.29, 1.82) is 0 Å². The van der Waals surface area contributed by atoms with E-state index in [-0.39, 0.29) is 0 Å². The first-order chi connectivity index (χ1) is 9.31. The van der Waals surface area contributed by atoms with E-state index in [1.807, 2.05) is 36.4 Å². The van der Waals surface area contributed by atoms with Crippen LogP contribution in [0.15, 0.2) is 42.5 Å². The molecule has 0 unspecified atom stereocenters. The van der Waals surface area contributed by atoms with Gasteiger partial charge in [-0.1, -0.05) is 12.1 Å². The van der Waals surface area contributed by atoms with Crippen molar-refractivity contribution in [1.82, 2.24) is 4.98 Å². The van der Waals surface area contributed by atoms with Gasteiger partial charge >= 0.3 is 0 Å². The lowest BCUT2D eigenvalue weighted by atomic mass is 10.3. The van der Waals surface area contributed by atoms with Crippen molar-refractivity contribution in [3.8, 4) is 11.6 Å². The molecule has 0 saturated carbocycles. The highest BCUT2D eigenvalue weighted by Gasteiger charge is 2.00. The number of nitrogens with one attached hydrogen (secondary N) is 1. The fourth-order valence-corrected chi connectivity index (χ4v) is 1.59. The van der Waals surface area contributed by atoms with Gasteiger partial charge in [0.25, 0.3) is 0 Å². The number of aromatic nitrogens is 1. The van der Waals surface area contributed by atoms with E-state index in [0.717, 1.165) is 17.3 Å². The Kier molecular flexibility index (Phi) is 4.58. The van der Waals surface area contributed by atoms with Crippen molar-refractivity contribution in [2.45, 2.75) is 0 Å². The van der Waals surface area contributed by atoms with E-state index in [1.54, 1.807) is 13.2 Å². The Hall–Kier alpha value is -2.27. The lowest BCUT2D eigenvalue weighted by molar-refractivity contribution is 0.328. The molecule has 0 saturated heterocycles. The van der Waals surface area contributed by atoms with Crippen LogP contribution in [-0.2, 0) is 0 Å². The second-order valence-corrected chi connectivity index (χ2v) is 3.86. The third-order valence-corrected chi connectivity index (χ3v) is 2.43. The van der Waals surface area contributed by atoms with E-state index in [1.165, 1.54) is 0 Å². The summed E-state index contributed by atoms with van der Waals surface area (Å²) in [6.45, 7) is 0.996. The number of benzene rings is 1. The number of rotatable bonds is 6. The molecule has 2 aromatic rings. The third-order valence-electron chi connectivity index (χ3n) is 2.43. The number of anilines is 2. The van der Waals surface area contributed by atoms with Crippen LogP contribution in [0.4, 0.5) is 11.5 Å². The Labute approximate surface area is 112 Å². The fourth-order valence-electron chi connectivity index (χ4n) is 1.59. The van der Waals surface area contributed by atoms with Crippen LogP contribution in [0.1, 0.15) is 0 Å². The second-order valence-electron chi connectivity index (χ2n) is 3.86. The molecule has 0 fully saturated rings. The summed E-state index contributed by atoms with van der Waals surface area (Å²) in [4.78, 5) is 4.28. The van der Waals surface area contributed by atoms with Gasteiger partial charge in [0, 0.05) is 24.4 Å². The lowest BCUT2D eigenvalue weighted by Gasteiger charge is -2.09. The zero-order valence-electron chi connectivity index (χ0n) is 10.8. The largest absolute Gasteiger partial charge is 0.492 e. The van der Waals surface area contributed by atoms with Crippen molar-refractivity contribution < 1.29 is 9.47 Å². The molecule has 5 nitrogen and oxygen atoms in total. The maximum absolute atomic E-state index is 5.47. The van der Waals surface area contributed by atoms with Crippen molar-refractivity contribution in [3.05, 3.63) is 42.5 Å². The number of methoxy groups -OCH3 is 1. The summed E-state index contributed by atoms with van der Waals surface area (Å²) in [7, 11) is 1.59. The molecular weight excluding hydrogens is 242 g/mol. The number of nitrogens with zero attached hydrogens (tertiary/aromatic N) is 1. The zero-order valence-corrected chi connectivity index (χ0v) is 10.8. The monoisotopic (exact) mass is 259 g/mol. The van der Waals surface area contributed by atoms with Crippen molar-refractivity contribution >= 4 is 11.5 Å². The first kappa shape index (κ1) is 13.2. The van der Waals surface area contributed by atoms with Crippen LogP contribution < -0.4 is 20.5 Å². The number of ether oxygens (including phenoxy) is 2. The van der Waals surface area contributed by atoms with Crippen molar-refractivity contribution in [2.75, 3.05) is 25.6 Å². The van der Waals surface area contributed by atoms with Gasteiger partial charge in [0.1, 0.15) is 18.2 Å². The third kappa shape index (κ3) is 3.86. The second kappa shape index (κ2) is 6.61. The smallest absolute Gasteiger partial charge is 0.214 e. The summed E-state index contributed by atoms with van der Waals surface area (Å²) in [6, 6.07) is 13.2. The molecule has 19 heavy (non-hydrogen) atoms. The van der Waals surface area contributed by atoms with E-state index >= 15 is 0 Å². The van der Waals surface area contributed by atoms with Crippen LogP contribution in [-0.4, -0.2) is 25.2 Å². The summed E-state index contributed by atoms with van der Waals surface area (Å²) in [5, 5.41) is 3.19. The molecule has 0 spiro atoms. The number of hydrogen-bond acceptors (Lipinski definition) is 5. The maximum Gasteiger partial charge on any atom is 0.214 e. The molecule has 0 bridgehead atoms. The van der Waals surface area contributed by atoms with Gasteiger partial charge < -0.3 is 20.5 Å². The highest BCUT2D eigenvalue weighted by Crippen LogP contribution is 2.21. The van der Waals surface area contributed by atoms with Gasteiger partial charge in [-0.15, -0.1) is 0 Å². The molecule has 100 valence electrons. The van der Waals surface area contributed by atoms with Crippen molar-refractivity contribution in [3.63, 3.8) is 0 Å². The minimum absolute atomic E-state index is 0.495. The zero-order chi connectivity index (χ0) is 13.5. The number of pyridine rings is 1. The molecular formula is C14H17N3O2. The fraction of sp³-hybridized carbons (Fsp3) is 0.214. The molecule has 1 aromatic heterocycles. The van der Waals surface area contributed by atoms with E-state index in [2.05, 4.69) is 10.3 Å². The van der Waals surface area contributed by atoms with Crippen LogP contribution >= 0.6 is 0 Å². The van der Waals surface area contributed by atoms with Crippen LogP contribution in [0.2, 0.25) is 0 Å². The predicted octanol–water partition coefficient (Wildman–Crippen LogP) is 2.17. The Balaban J connectivity index is 2.09. The SMILES string of the molecule is COc1cccc(Nc2cccc(OCCN)c2)n1. The van der Waals surface area contributed by atoms with Crippen LogP contribution in [0.25, 0.3) is 0 Å². The molecule has 1 aromatic carbocycles. The Bertz CT molecular complexity index is 532. The van der Waals surface area contributed by atoms with Gasteiger partial charge in [-0.25, -0.2) is 0 Å². The summed E-state index contributed by atoms with van der Waals surface area (Å²) in [5.41, 5.74) is 6.30. The number of nitrogens with two attached hydrogens (primary N) is 1. The molecule has 0 radical (unpaired) electrons.